The lowest BCUT2D eigenvalue weighted by molar-refractivity contribution is -0.127. The van der Waals surface area contributed by atoms with Crippen LogP contribution in [-0.4, -0.2) is 49.6 Å². The van der Waals surface area contributed by atoms with E-state index in [2.05, 4.69) is 10.2 Å². The molecule has 1 atom stereocenters. The summed E-state index contributed by atoms with van der Waals surface area (Å²) in [5.41, 5.74) is 1.43. The molecule has 2 heterocycles. The average Bonchev–Trinajstić information content (AvgIpc) is 3.21. The van der Waals surface area contributed by atoms with Crippen LogP contribution < -0.4 is 19.7 Å². The Morgan fingerprint density at radius 1 is 1.16 bits per heavy atom. The van der Waals surface area contributed by atoms with Gasteiger partial charge in [-0.3, -0.25) is 19.4 Å². The molecular formula is C24H29N3O4. The Kier molecular flexibility index (Phi) is 5.62. The van der Waals surface area contributed by atoms with Crippen molar-refractivity contribution in [2.75, 3.05) is 37.5 Å². The van der Waals surface area contributed by atoms with Crippen molar-refractivity contribution in [1.29, 1.82) is 0 Å². The van der Waals surface area contributed by atoms with Crippen molar-refractivity contribution in [3.63, 3.8) is 0 Å². The molecule has 7 nitrogen and oxygen atoms in total. The monoisotopic (exact) mass is 423 g/mol. The Balaban J connectivity index is 1.63. The Hall–Kier alpha value is -3.06. The highest BCUT2D eigenvalue weighted by atomic mass is 16.5. The van der Waals surface area contributed by atoms with E-state index in [1.165, 1.54) is 0 Å². The molecule has 31 heavy (non-hydrogen) atoms. The summed E-state index contributed by atoms with van der Waals surface area (Å²) in [6.45, 7) is 4.58. The predicted molar refractivity (Wildman–Crippen MR) is 120 cm³/mol. The van der Waals surface area contributed by atoms with Crippen molar-refractivity contribution in [3.05, 3.63) is 48.0 Å². The summed E-state index contributed by atoms with van der Waals surface area (Å²) >= 11 is 0. The van der Waals surface area contributed by atoms with Gasteiger partial charge in [-0.05, 0) is 63.6 Å². The van der Waals surface area contributed by atoms with E-state index in [1.54, 1.807) is 33.0 Å². The molecule has 4 rings (SSSR count). The van der Waals surface area contributed by atoms with Gasteiger partial charge in [-0.1, -0.05) is 12.1 Å². The van der Waals surface area contributed by atoms with E-state index in [0.29, 0.717) is 5.69 Å². The van der Waals surface area contributed by atoms with E-state index >= 15 is 0 Å². The molecule has 1 saturated heterocycles. The van der Waals surface area contributed by atoms with Gasteiger partial charge in [0.15, 0.2) is 0 Å². The number of anilines is 2. The molecule has 2 amide bonds. The number of ether oxygens (including phenoxy) is 2. The summed E-state index contributed by atoms with van der Waals surface area (Å²) in [5.74, 6) is 1.26. The minimum Gasteiger partial charge on any atom is -0.497 e. The lowest BCUT2D eigenvalue weighted by Crippen LogP contribution is -2.60. The van der Waals surface area contributed by atoms with Crippen LogP contribution in [0, 0.1) is 0 Å². The minimum atomic E-state index is -0.978. The van der Waals surface area contributed by atoms with Gasteiger partial charge >= 0.3 is 0 Å². The number of hydrogen-bond acceptors (Lipinski definition) is 5. The van der Waals surface area contributed by atoms with E-state index < -0.39 is 5.54 Å². The molecule has 0 unspecified atom stereocenters. The van der Waals surface area contributed by atoms with Crippen LogP contribution in [0.15, 0.2) is 42.5 Å². The Bertz CT molecular complexity index is 1000. The van der Waals surface area contributed by atoms with Gasteiger partial charge in [-0.2, -0.15) is 0 Å². The quantitative estimate of drug-likeness (QED) is 0.796. The number of hydrogen-bond donors (Lipinski definition) is 1. The fourth-order valence-corrected chi connectivity index (χ4v) is 4.61. The lowest BCUT2D eigenvalue weighted by Gasteiger charge is -2.43. The number of rotatable bonds is 5. The summed E-state index contributed by atoms with van der Waals surface area (Å²) in [7, 11) is 3.30. The number of benzene rings is 2. The Morgan fingerprint density at radius 3 is 2.68 bits per heavy atom. The number of fused-ring (bicyclic) bond motifs is 1. The van der Waals surface area contributed by atoms with Crippen LogP contribution in [0.3, 0.4) is 0 Å². The number of amides is 2. The van der Waals surface area contributed by atoms with Crippen molar-refractivity contribution in [2.24, 2.45) is 0 Å². The van der Waals surface area contributed by atoms with Gasteiger partial charge in [0.25, 0.3) is 0 Å². The number of carbonyl (C=O) groups is 2. The predicted octanol–water partition coefficient (Wildman–Crippen LogP) is 3.60. The summed E-state index contributed by atoms with van der Waals surface area (Å²) in [5, 5.41) is 2.91. The first kappa shape index (κ1) is 21.2. The number of nitrogens with one attached hydrogen (secondary N) is 1. The highest BCUT2D eigenvalue weighted by Gasteiger charge is 2.44. The molecule has 164 valence electrons. The molecule has 1 N–H and O–H groups in total. The maximum Gasteiger partial charge on any atom is 0.250 e. The second-order valence-corrected chi connectivity index (χ2v) is 8.50. The van der Waals surface area contributed by atoms with Gasteiger partial charge in [0.05, 0.1) is 32.1 Å². The lowest BCUT2D eigenvalue weighted by atomic mass is 9.96. The van der Waals surface area contributed by atoms with Gasteiger partial charge in [-0.25, -0.2) is 0 Å². The fourth-order valence-electron chi connectivity index (χ4n) is 4.61. The molecule has 0 aromatic heterocycles. The molecule has 0 saturated carbocycles. The molecule has 2 aromatic rings. The topological polar surface area (TPSA) is 71.1 Å². The second kappa shape index (κ2) is 8.23. The zero-order chi connectivity index (χ0) is 22.2. The molecule has 0 spiro atoms. The van der Waals surface area contributed by atoms with Gasteiger partial charge in [0, 0.05) is 11.6 Å². The molecule has 1 fully saturated rings. The smallest absolute Gasteiger partial charge is 0.250 e. The summed E-state index contributed by atoms with van der Waals surface area (Å²) in [6.07, 6.45) is 1.91. The third kappa shape index (κ3) is 3.74. The Labute approximate surface area is 182 Å². The number of likely N-dealkylation sites (tertiary alicyclic amines) is 1. The zero-order valence-electron chi connectivity index (χ0n) is 18.5. The van der Waals surface area contributed by atoms with Crippen molar-refractivity contribution >= 4 is 23.2 Å². The summed E-state index contributed by atoms with van der Waals surface area (Å²) in [6, 6.07) is 13.2. The molecular weight excluding hydrogens is 394 g/mol. The average molecular weight is 424 g/mol. The SMILES string of the molecule is COc1ccc(OC)c([C@@H]2CCCN2CC(=O)N2c3ccccc3NC(=O)C2(C)C)c1. The van der Waals surface area contributed by atoms with Gasteiger partial charge in [0.2, 0.25) is 11.8 Å². The van der Waals surface area contributed by atoms with Gasteiger partial charge in [0.1, 0.15) is 17.0 Å². The number of carbonyl (C=O) groups excluding carboxylic acids is 2. The molecule has 2 aromatic carbocycles. The van der Waals surface area contributed by atoms with Crippen LogP contribution in [0.5, 0.6) is 11.5 Å². The van der Waals surface area contributed by atoms with Crippen molar-refractivity contribution in [3.8, 4) is 11.5 Å². The van der Waals surface area contributed by atoms with Crippen LogP contribution >= 0.6 is 0 Å². The fraction of sp³-hybridized carbons (Fsp3) is 0.417. The van der Waals surface area contributed by atoms with E-state index in [9.17, 15) is 9.59 Å². The molecule has 0 aliphatic carbocycles. The summed E-state index contributed by atoms with van der Waals surface area (Å²) in [4.78, 5) is 30.1. The first-order chi connectivity index (χ1) is 14.9. The van der Waals surface area contributed by atoms with Crippen LogP contribution in [0.25, 0.3) is 0 Å². The standard InChI is InChI=1S/C24H29N3O4/c1-24(2)23(29)25-18-8-5-6-9-20(18)27(24)22(28)15-26-13-7-10-19(26)17-14-16(30-3)11-12-21(17)31-4/h5-6,8-9,11-12,14,19H,7,10,13,15H2,1-4H3,(H,25,29)/t19-/m0/s1. The van der Waals surface area contributed by atoms with Crippen LogP contribution in [0.2, 0.25) is 0 Å². The van der Waals surface area contributed by atoms with Crippen molar-refractivity contribution < 1.29 is 19.1 Å². The maximum atomic E-state index is 13.6. The number of nitrogens with zero attached hydrogens (tertiary/aromatic N) is 2. The normalized spacial score (nSPS) is 20.2. The first-order valence-electron chi connectivity index (χ1n) is 10.6. The van der Waals surface area contributed by atoms with Crippen LogP contribution in [-0.2, 0) is 9.59 Å². The van der Waals surface area contributed by atoms with E-state index in [-0.39, 0.29) is 24.4 Å². The zero-order valence-corrected chi connectivity index (χ0v) is 18.5. The van der Waals surface area contributed by atoms with Gasteiger partial charge in [-0.15, -0.1) is 0 Å². The molecule has 0 radical (unpaired) electrons. The van der Waals surface area contributed by atoms with Crippen molar-refractivity contribution in [1.82, 2.24) is 4.90 Å². The highest BCUT2D eigenvalue weighted by molar-refractivity contribution is 6.14. The van der Waals surface area contributed by atoms with E-state index in [4.69, 9.17) is 9.47 Å². The largest absolute Gasteiger partial charge is 0.497 e. The van der Waals surface area contributed by atoms with E-state index in [1.807, 2.05) is 42.5 Å². The molecule has 2 aliphatic heterocycles. The molecule has 7 heteroatoms. The number of methoxy groups -OCH3 is 2. The molecule has 2 aliphatic rings. The molecule has 0 bridgehead atoms. The Morgan fingerprint density at radius 2 is 1.94 bits per heavy atom. The van der Waals surface area contributed by atoms with E-state index in [0.717, 1.165) is 42.1 Å². The summed E-state index contributed by atoms with van der Waals surface area (Å²) < 4.78 is 11.0. The second-order valence-electron chi connectivity index (χ2n) is 8.50. The third-order valence-corrected chi connectivity index (χ3v) is 6.26. The van der Waals surface area contributed by atoms with Crippen LogP contribution in [0.4, 0.5) is 11.4 Å². The number of para-hydroxylation sites is 2. The van der Waals surface area contributed by atoms with Crippen LogP contribution in [0.1, 0.15) is 38.3 Å². The highest BCUT2D eigenvalue weighted by Crippen LogP contribution is 2.40. The van der Waals surface area contributed by atoms with Crippen molar-refractivity contribution in [2.45, 2.75) is 38.3 Å². The van der Waals surface area contributed by atoms with Gasteiger partial charge < -0.3 is 14.8 Å². The minimum absolute atomic E-state index is 0.0472. The maximum absolute atomic E-state index is 13.6. The first-order valence-corrected chi connectivity index (χ1v) is 10.6. The third-order valence-electron chi connectivity index (χ3n) is 6.26.